The molecule has 0 aromatic rings. The van der Waals surface area contributed by atoms with Crippen LogP contribution in [0.1, 0.15) is 0 Å². The largest absolute Gasteiger partial charge is 0.393 e. The maximum atomic E-state index is 10.8. The molecule has 9 nitrogen and oxygen atoms in total. The minimum atomic E-state index is -1.75. The summed E-state index contributed by atoms with van der Waals surface area (Å²) in [6.45, 7) is -0.618. The summed E-state index contributed by atoms with van der Waals surface area (Å²) in [5, 5.41) is 44.6. The molecule has 4 aliphatic heterocycles. The predicted octanol–water partition coefficient (Wildman–Crippen LogP) is -4.20. The van der Waals surface area contributed by atoms with Gasteiger partial charge in [-0.1, -0.05) is 0 Å². The van der Waals surface area contributed by atoms with Crippen LogP contribution in [0.2, 0.25) is 0 Å². The second-order valence-electron chi connectivity index (χ2n) is 6.37. The Hall–Kier alpha value is -0.970. The van der Waals surface area contributed by atoms with Crippen molar-refractivity contribution in [2.45, 2.75) is 41.5 Å². The van der Waals surface area contributed by atoms with E-state index < -0.39 is 59.9 Å². The Labute approximate surface area is 113 Å². The van der Waals surface area contributed by atoms with Gasteiger partial charge in [0.1, 0.15) is 29.5 Å². The van der Waals surface area contributed by atoms with Crippen molar-refractivity contribution < 1.29 is 29.9 Å². The minimum Gasteiger partial charge on any atom is -0.393 e. The number of rotatable bonds is 1. The van der Waals surface area contributed by atoms with Crippen molar-refractivity contribution in [3.8, 4) is 0 Å². The molecule has 2 aliphatic carbocycles. The summed E-state index contributed by atoms with van der Waals surface area (Å²) >= 11 is 0. The highest BCUT2D eigenvalue weighted by Crippen LogP contribution is 2.71. The molecule has 0 aromatic carbocycles. The van der Waals surface area contributed by atoms with Crippen LogP contribution in [0, 0.1) is 11.8 Å². The van der Waals surface area contributed by atoms with E-state index >= 15 is 0 Å². The predicted molar refractivity (Wildman–Crippen MR) is 61.0 cm³/mol. The molecular formula is C11H15N3O6. The van der Waals surface area contributed by atoms with E-state index in [0.717, 1.165) is 0 Å². The summed E-state index contributed by atoms with van der Waals surface area (Å²) in [5.41, 5.74) is 2.97. The molecule has 0 amide bonds. The third kappa shape index (κ3) is 0.798. The van der Waals surface area contributed by atoms with Crippen molar-refractivity contribution in [3.05, 3.63) is 0 Å². The van der Waals surface area contributed by atoms with E-state index in [-0.39, 0.29) is 5.96 Å². The first-order valence-corrected chi connectivity index (χ1v) is 6.58. The van der Waals surface area contributed by atoms with E-state index in [1.54, 1.807) is 0 Å². The number of hydrogen-bond acceptors (Lipinski definition) is 9. The number of guanidine groups is 1. The molecule has 2 saturated carbocycles. The summed E-state index contributed by atoms with van der Waals surface area (Å²) < 4.78 is 11.1. The second kappa shape index (κ2) is 2.82. The Morgan fingerprint density at radius 1 is 1.40 bits per heavy atom. The standard InChI is InChI=1S/C11H15N3O6/c12-8-13-6-2-3-9(17,1-15)5-4(16)10(2,14-8)7(19-6)11(3,18)20-5/h2-7,15-18H,1H2,(H3,12,13,14)/t2-,3-,4+,5+,6?,7+,9+,10-,11?/m1/s1. The van der Waals surface area contributed by atoms with Crippen molar-refractivity contribution in [3.63, 3.8) is 0 Å². The van der Waals surface area contributed by atoms with Gasteiger partial charge in [-0.05, 0) is 0 Å². The van der Waals surface area contributed by atoms with Gasteiger partial charge in [0.05, 0.1) is 12.5 Å². The Morgan fingerprint density at radius 3 is 2.85 bits per heavy atom. The topological polar surface area (TPSA) is 150 Å². The van der Waals surface area contributed by atoms with Crippen LogP contribution in [0.25, 0.3) is 0 Å². The third-order valence-electron chi connectivity index (χ3n) is 5.74. The first kappa shape index (κ1) is 11.7. The lowest BCUT2D eigenvalue weighted by Gasteiger charge is -2.51. The molecule has 3 saturated heterocycles. The summed E-state index contributed by atoms with van der Waals surface area (Å²) in [6, 6.07) is 0. The zero-order chi connectivity index (χ0) is 14.1. The average Bonchev–Trinajstić information content (AvgIpc) is 2.81. The van der Waals surface area contributed by atoms with Crippen molar-refractivity contribution in [2.75, 3.05) is 6.61 Å². The number of aliphatic imine (C=N–C) groups is 1. The Bertz CT molecular complexity index is 558. The molecule has 9 heteroatoms. The molecule has 20 heavy (non-hydrogen) atoms. The molecule has 4 heterocycles. The fourth-order valence-electron chi connectivity index (χ4n) is 5.19. The van der Waals surface area contributed by atoms with Crippen LogP contribution in [0.5, 0.6) is 0 Å². The number of nitrogens with zero attached hydrogens (tertiary/aromatic N) is 1. The SMILES string of the molecule is NC1=NC2O[C@@H]3C4(O)O[C@H]5[C@H](O)[C@]3(N1)[C@@H]2[C@@H]4[C@@]5(O)CO. The van der Waals surface area contributed by atoms with Crippen molar-refractivity contribution in [1.82, 2.24) is 5.32 Å². The molecule has 7 N–H and O–H groups in total. The van der Waals surface area contributed by atoms with Crippen LogP contribution < -0.4 is 11.1 Å². The number of ether oxygens (including phenoxy) is 2. The molecule has 110 valence electrons. The summed E-state index contributed by atoms with van der Waals surface area (Å²) in [5.74, 6) is -2.93. The number of aliphatic hydroxyl groups is 4. The first-order chi connectivity index (χ1) is 9.39. The highest BCUT2D eigenvalue weighted by Gasteiger charge is 2.92. The molecule has 0 aromatic heterocycles. The zero-order valence-corrected chi connectivity index (χ0v) is 10.3. The van der Waals surface area contributed by atoms with Gasteiger partial charge >= 0.3 is 0 Å². The zero-order valence-electron chi connectivity index (χ0n) is 10.3. The third-order valence-corrected chi connectivity index (χ3v) is 5.74. The van der Waals surface area contributed by atoms with Crippen molar-refractivity contribution in [2.24, 2.45) is 22.6 Å². The maximum Gasteiger partial charge on any atom is 0.201 e. The monoisotopic (exact) mass is 285 g/mol. The quantitative estimate of drug-likeness (QED) is 0.284. The van der Waals surface area contributed by atoms with Crippen LogP contribution in [0.15, 0.2) is 4.99 Å². The van der Waals surface area contributed by atoms with Gasteiger partial charge in [-0.25, -0.2) is 4.99 Å². The molecule has 6 aliphatic rings. The lowest BCUT2D eigenvalue weighted by Crippen LogP contribution is -2.77. The molecule has 6 rings (SSSR count). The Kier molecular flexibility index (Phi) is 1.65. The summed E-state index contributed by atoms with van der Waals surface area (Å²) in [4.78, 5) is 4.11. The fourth-order valence-corrected chi connectivity index (χ4v) is 5.19. The smallest absolute Gasteiger partial charge is 0.201 e. The average molecular weight is 285 g/mol. The van der Waals surface area contributed by atoms with Gasteiger partial charge in [0.2, 0.25) is 5.79 Å². The summed E-state index contributed by atoms with van der Waals surface area (Å²) in [7, 11) is 0. The number of hydrogen-bond donors (Lipinski definition) is 6. The van der Waals surface area contributed by atoms with Gasteiger partial charge in [-0.15, -0.1) is 0 Å². The molecular weight excluding hydrogens is 270 g/mol. The number of aliphatic hydroxyl groups excluding tert-OH is 2. The molecule has 1 spiro atoms. The highest BCUT2D eigenvalue weighted by atomic mass is 16.7. The number of nitrogens with one attached hydrogen (secondary N) is 1. The van der Waals surface area contributed by atoms with Gasteiger partial charge in [0.25, 0.3) is 0 Å². The van der Waals surface area contributed by atoms with Crippen LogP contribution in [0.3, 0.4) is 0 Å². The summed E-state index contributed by atoms with van der Waals surface area (Å²) in [6.07, 6.45) is -3.84. The lowest BCUT2D eigenvalue weighted by molar-refractivity contribution is -0.308. The Morgan fingerprint density at radius 2 is 2.15 bits per heavy atom. The van der Waals surface area contributed by atoms with Crippen LogP contribution in [-0.2, 0) is 9.47 Å². The molecule has 2 unspecified atom stereocenters. The minimum absolute atomic E-state index is 0.130. The number of nitrogens with two attached hydrogens (primary N) is 1. The van der Waals surface area contributed by atoms with Gasteiger partial charge < -0.3 is 41.0 Å². The van der Waals surface area contributed by atoms with Gasteiger partial charge in [0, 0.05) is 5.92 Å². The van der Waals surface area contributed by atoms with Crippen molar-refractivity contribution in [1.29, 1.82) is 0 Å². The van der Waals surface area contributed by atoms with Gasteiger partial charge in [-0.2, -0.15) is 0 Å². The Balaban J connectivity index is 1.78. The van der Waals surface area contributed by atoms with Crippen molar-refractivity contribution >= 4 is 5.96 Å². The normalized spacial score (nSPS) is 68.3. The fraction of sp³-hybridized carbons (Fsp3) is 0.909. The lowest BCUT2D eigenvalue weighted by atomic mass is 9.63. The molecule has 5 fully saturated rings. The molecule has 7 bridgehead atoms. The highest BCUT2D eigenvalue weighted by molar-refractivity contribution is 5.81. The molecule has 9 atom stereocenters. The van der Waals surface area contributed by atoms with Gasteiger partial charge in [0.15, 0.2) is 12.2 Å². The maximum absolute atomic E-state index is 10.8. The second-order valence-corrected chi connectivity index (χ2v) is 6.37. The van der Waals surface area contributed by atoms with Crippen LogP contribution >= 0.6 is 0 Å². The van der Waals surface area contributed by atoms with E-state index in [1.165, 1.54) is 0 Å². The van der Waals surface area contributed by atoms with Crippen LogP contribution in [0.4, 0.5) is 0 Å². The van der Waals surface area contributed by atoms with E-state index in [0.29, 0.717) is 0 Å². The van der Waals surface area contributed by atoms with E-state index in [4.69, 9.17) is 15.2 Å². The molecule has 0 radical (unpaired) electrons. The van der Waals surface area contributed by atoms with Crippen LogP contribution in [-0.4, -0.2) is 74.5 Å². The van der Waals surface area contributed by atoms with E-state index in [2.05, 4.69) is 10.3 Å². The van der Waals surface area contributed by atoms with E-state index in [9.17, 15) is 20.4 Å². The van der Waals surface area contributed by atoms with E-state index in [1.807, 2.05) is 0 Å². The van der Waals surface area contributed by atoms with Gasteiger partial charge in [-0.3, -0.25) is 0 Å². The first-order valence-electron chi connectivity index (χ1n) is 6.58.